The Balaban J connectivity index is 2.05. The molecule has 19 heavy (non-hydrogen) atoms. The first kappa shape index (κ1) is 14.1. The van der Waals surface area contributed by atoms with E-state index in [0.29, 0.717) is 5.02 Å². The van der Waals surface area contributed by atoms with Gasteiger partial charge in [0.15, 0.2) is 0 Å². The highest BCUT2D eigenvalue weighted by Gasteiger charge is 2.11. The standard InChI is InChI=1S/C13H8Cl3NO2/c14-10-4-2-1-3-8(10)7-19-13(18)9-5-11(15)12(16)17-6-9/h1-6H,7H2. The minimum atomic E-state index is -0.536. The van der Waals surface area contributed by atoms with Crippen molar-refractivity contribution in [3.8, 4) is 0 Å². The Kier molecular flexibility index (Phi) is 4.64. The Hall–Kier alpha value is -1.29. The molecule has 98 valence electrons. The molecule has 6 heteroatoms. The summed E-state index contributed by atoms with van der Waals surface area (Å²) in [7, 11) is 0. The molecule has 0 atom stereocenters. The van der Waals surface area contributed by atoms with E-state index in [1.165, 1.54) is 12.3 Å². The molecule has 0 saturated carbocycles. The summed E-state index contributed by atoms with van der Waals surface area (Å²) in [6, 6.07) is 8.53. The van der Waals surface area contributed by atoms with Crippen molar-refractivity contribution >= 4 is 40.8 Å². The summed E-state index contributed by atoms with van der Waals surface area (Å²) in [4.78, 5) is 15.6. The lowest BCUT2D eigenvalue weighted by atomic mass is 10.2. The van der Waals surface area contributed by atoms with Gasteiger partial charge in [0.2, 0.25) is 0 Å². The molecule has 0 fully saturated rings. The molecule has 0 radical (unpaired) electrons. The van der Waals surface area contributed by atoms with Crippen LogP contribution in [0.3, 0.4) is 0 Å². The van der Waals surface area contributed by atoms with Gasteiger partial charge in [-0.05, 0) is 12.1 Å². The Morgan fingerprint density at radius 1 is 1.16 bits per heavy atom. The van der Waals surface area contributed by atoms with Gasteiger partial charge in [-0.25, -0.2) is 9.78 Å². The van der Waals surface area contributed by atoms with Gasteiger partial charge in [0.1, 0.15) is 11.8 Å². The molecule has 2 rings (SSSR count). The third-order valence-corrected chi connectivity index (χ3v) is 3.40. The van der Waals surface area contributed by atoms with Gasteiger partial charge >= 0.3 is 5.97 Å². The summed E-state index contributed by atoms with van der Waals surface area (Å²) >= 11 is 17.4. The molecule has 0 aliphatic heterocycles. The van der Waals surface area contributed by atoms with E-state index in [4.69, 9.17) is 39.5 Å². The van der Waals surface area contributed by atoms with Crippen molar-refractivity contribution in [2.75, 3.05) is 0 Å². The van der Waals surface area contributed by atoms with Crippen LogP contribution in [0.5, 0.6) is 0 Å². The van der Waals surface area contributed by atoms with E-state index in [2.05, 4.69) is 4.98 Å². The molecule has 0 saturated heterocycles. The maximum atomic E-state index is 11.8. The average molecular weight is 317 g/mol. The van der Waals surface area contributed by atoms with Crippen LogP contribution >= 0.6 is 34.8 Å². The molecular weight excluding hydrogens is 309 g/mol. The number of hydrogen-bond acceptors (Lipinski definition) is 3. The van der Waals surface area contributed by atoms with Gasteiger partial charge in [-0.15, -0.1) is 0 Å². The minimum absolute atomic E-state index is 0.0821. The van der Waals surface area contributed by atoms with Crippen molar-refractivity contribution in [2.45, 2.75) is 6.61 Å². The normalized spacial score (nSPS) is 10.3. The fourth-order valence-electron chi connectivity index (χ4n) is 1.37. The van der Waals surface area contributed by atoms with Crippen molar-refractivity contribution in [1.29, 1.82) is 0 Å². The van der Waals surface area contributed by atoms with Crippen LogP contribution in [0.15, 0.2) is 36.5 Å². The number of pyridine rings is 1. The van der Waals surface area contributed by atoms with E-state index >= 15 is 0 Å². The highest BCUT2D eigenvalue weighted by Crippen LogP contribution is 2.21. The molecule has 0 aliphatic carbocycles. The summed E-state index contributed by atoms with van der Waals surface area (Å²) in [5.74, 6) is -0.536. The zero-order valence-corrected chi connectivity index (χ0v) is 11.8. The summed E-state index contributed by atoms with van der Waals surface area (Å²) < 4.78 is 5.12. The number of hydrogen-bond donors (Lipinski definition) is 0. The number of carbonyl (C=O) groups is 1. The molecule has 0 unspecified atom stereocenters. The van der Waals surface area contributed by atoms with E-state index in [1.807, 2.05) is 6.07 Å². The van der Waals surface area contributed by atoms with E-state index in [1.54, 1.807) is 18.2 Å². The summed E-state index contributed by atoms with van der Waals surface area (Å²) in [6.45, 7) is 0.0821. The van der Waals surface area contributed by atoms with Crippen LogP contribution in [-0.2, 0) is 11.3 Å². The van der Waals surface area contributed by atoms with Crippen molar-refractivity contribution in [2.24, 2.45) is 0 Å². The predicted octanol–water partition coefficient (Wildman–Crippen LogP) is 4.40. The largest absolute Gasteiger partial charge is 0.457 e. The first-order valence-corrected chi connectivity index (χ1v) is 6.43. The topological polar surface area (TPSA) is 39.2 Å². The number of aromatic nitrogens is 1. The van der Waals surface area contributed by atoms with Crippen LogP contribution < -0.4 is 0 Å². The van der Waals surface area contributed by atoms with Gasteiger partial charge in [0.05, 0.1) is 10.6 Å². The lowest BCUT2D eigenvalue weighted by Gasteiger charge is -2.06. The Morgan fingerprint density at radius 2 is 1.89 bits per heavy atom. The molecule has 3 nitrogen and oxygen atoms in total. The van der Waals surface area contributed by atoms with Crippen LogP contribution in [0, 0.1) is 0 Å². The Bertz CT molecular complexity index is 617. The van der Waals surface area contributed by atoms with Crippen LogP contribution in [-0.4, -0.2) is 11.0 Å². The van der Waals surface area contributed by atoms with Crippen molar-refractivity contribution in [3.63, 3.8) is 0 Å². The molecule has 2 aromatic rings. The van der Waals surface area contributed by atoms with E-state index in [0.717, 1.165) is 5.56 Å². The van der Waals surface area contributed by atoms with Crippen LogP contribution in [0.1, 0.15) is 15.9 Å². The zero-order chi connectivity index (χ0) is 13.8. The fourth-order valence-corrected chi connectivity index (χ4v) is 1.83. The molecular formula is C13H8Cl3NO2. The number of rotatable bonds is 3. The zero-order valence-electron chi connectivity index (χ0n) is 9.57. The number of benzene rings is 1. The van der Waals surface area contributed by atoms with Gasteiger partial charge in [-0.2, -0.15) is 0 Å². The second kappa shape index (κ2) is 6.24. The SMILES string of the molecule is O=C(OCc1ccccc1Cl)c1cnc(Cl)c(Cl)c1. The molecule has 0 bridgehead atoms. The molecule has 0 spiro atoms. The highest BCUT2D eigenvalue weighted by molar-refractivity contribution is 6.41. The maximum Gasteiger partial charge on any atom is 0.340 e. The minimum Gasteiger partial charge on any atom is -0.457 e. The van der Waals surface area contributed by atoms with Crippen LogP contribution in [0.25, 0.3) is 0 Å². The number of esters is 1. The predicted molar refractivity (Wildman–Crippen MR) is 74.8 cm³/mol. The Morgan fingerprint density at radius 3 is 2.58 bits per heavy atom. The fraction of sp³-hybridized carbons (Fsp3) is 0.0769. The molecule has 1 aromatic carbocycles. The van der Waals surface area contributed by atoms with Crippen molar-refractivity contribution < 1.29 is 9.53 Å². The van der Waals surface area contributed by atoms with Crippen molar-refractivity contribution in [3.05, 3.63) is 62.9 Å². The number of nitrogens with zero attached hydrogens (tertiary/aromatic N) is 1. The van der Waals surface area contributed by atoms with Gasteiger partial charge in [0.25, 0.3) is 0 Å². The van der Waals surface area contributed by atoms with Gasteiger partial charge in [-0.3, -0.25) is 0 Å². The first-order valence-electron chi connectivity index (χ1n) is 5.29. The number of halogens is 3. The van der Waals surface area contributed by atoms with Crippen LogP contribution in [0.2, 0.25) is 15.2 Å². The lowest BCUT2D eigenvalue weighted by molar-refractivity contribution is 0.0472. The molecule has 0 aliphatic rings. The van der Waals surface area contributed by atoms with Gasteiger partial charge in [-0.1, -0.05) is 53.0 Å². The number of carbonyl (C=O) groups excluding carboxylic acids is 1. The maximum absolute atomic E-state index is 11.8. The lowest BCUT2D eigenvalue weighted by Crippen LogP contribution is -2.06. The summed E-state index contributed by atoms with van der Waals surface area (Å²) in [5.41, 5.74) is 0.965. The second-order valence-corrected chi connectivity index (χ2v) is 4.84. The summed E-state index contributed by atoms with van der Waals surface area (Å²) in [6.07, 6.45) is 1.31. The van der Waals surface area contributed by atoms with Gasteiger partial charge in [0, 0.05) is 16.8 Å². The molecule has 0 N–H and O–H groups in total. The van der Waals surface area contributed by atoms with E-state index in [-0.39, 0.29) is 22.3 Å². The molecule has 0 amide bonds. The molecule has 1 heterocycles. The summed E-state index contributed by atoms with van der Waals surface area (Å²) in [5, 5.41) is 0.890. The highest BCUT2D eigenvalue weighted by atomic mass is 35.5. The third-order valence-electron chi connectivity index (χ3n) is 2.35. The smallest absolute Gasteiger partial charge is 0.340 e. The quantitative estimate of drug-likeness (QED) is 0.622. The average Bonchev–Trinajstić information content (AvgIpc) is 2.40. The van der Waals surface area contributed by atoms with Crippen molar-refractivity contribution in [1.82, 2.24) is 4.98 Å². The van der Waals surface area contributed by atoms with Crippen LogP contribution in [0.4, 0.5) is 0 Å². The van der Waals surface area contributed by atoms with E-state index < -0.39 is 5.97 Å². The number of ether oxygens (including phenoxy) is 1. The Labute approximate surface area is 125 Å². The van der Waals surface area contributed by atoms with Gasteiger partial charge < -0.3 is 4.74 Å². The third kappa shape index (κ3) is 3.60. The monoisotopic (exact) mass is 315 g/mol. The first-order chi connectivity index (χ1) is 9.08. The molecule has 1 aromatic heterocycles. The van der Waals surface area contributed by atoms with E-state index in [9.17, 15) is 4.79 Å². The second-order valence-electron chi connectivity index (χ2n) is 3.66.